The molecule has 260 valence electrons. The fourth-order valence-corrected chi connectivity index (χ4v) is 6.68. The van der Waals surface area contributed by atoms with E-state index < -0.39 is 11.9 Å². The molecule has 0 radical (unpaired) electrons. The second-order valence-corrected chi connectivity index (χ2v) is 12.9. The van der Waals surface area contributed by atoms with Crippen LogP contribution in [-0.4, -0.2) is 32.4 Å². The number of phenolic OH excluding ortho intramolecular Hbond substituents is 2. The lowest BCUT2D eigenvalue weighted by molar-refractivity contribution is 0.0686. The fourth-order valence-electron chi connectivity index (χ4n) is 6.68. The summed E-state index contributed by atoms with van der Waals surface area (Å²) >= 11 is 0. The van der Waals surface area contributed by atoms with Gasteiger partial charge in [0, 0.05) is 25.7 Å². The average molecular weight is 693 g/mol. The maximum absolute atomic E-state index is 11.7. The molecular formula is C44H36O8. The van der Waals surface area contributed by atoms with Crippen LogP contribution < -0.4 is 9.47 Å². The van der Waals surface area contributed by atoms with Crippen LogP contribution in [0.3, 0.4) is 0 Å². The SMILES string of the molecule is O=C(O)c1ccc(COc2c3cccc2Cc2cccc(c2O)Cc2cccc(c2OCc2ccc(C(=O)O)cc2)Cc2cccc(c2O)C3)cc1. The maximum atomic E-state index is 11.7. The van der Waals surface area contributed by atoms with E-state index in [0.29, 0.717) is 37.2 Å². The molecule has 0 amide bonds. The Morgan fingerprint density at radius 3 is 0.962 bits per heavy atom. The minimum absolute atomic E-state index is 0.179. The van der Waals surface area contributed by atoms with Gasteiger partial charge in [-0.1, -0.05) is 97.1 Å². The Morgan fingerprint density at radius 2 is 0.692 bits per heavy atom. The Morgan fingerprint density at radius 1 is 0.423 bits per heavy atom. The molecule has 8 nitrogen and oxygen atoms in total. The van der Waals surface area contributed by atoms with E-state index in [4.69, 9.17) is 9.47 Å². The zero-order valence-electron chi connectivity index (χ0n) is 28.2. The molecule has 0 spiro atoms. The van der Waals surface area contributed by atoms with E-state index in [1.54, 1.807) is 48.5 Å². The molecule has 8 heteroatoms. The predicted molar refractivity (Wildman–Crippen MR) is 196 cm³/mol. The van der Waals surface area contributed by atoms with Crippen LogP contribution in [0.2, 0.25) is 0 Å². The summed E-state index contributed by atoms with van der Waals surface area (Å²) < 4.78 is 13.0. The number of hydrogen-bond donors (Lipinski definition) is 4. The number of carboxylic acids is 2. The van der Waals surface area contributed by atoms with Gasteiger partial charge in [-0.05, 0) is 79.9 Å². The first-order valence-electron chi connectivity index (χ1n) is 16.9. The van der Waals surface area contributed by atoms with Crippen molar-refractivity contribution in [2.45, 2.75) is 38.9 Å². The summed E-state index contributed by atoms with van der Waals surface area (Å²) in [5.74, 6) is -0.348. The third-order valence-electron chi connectivity index (χ3n) is 9.45. The number of carbonyl (C=O) groups is 2. The largest absolute Gasteiger partial charge is 0.507 e. The van der Waals surface area contributed by atoms with Crippen LogP contribution in [-0.2, 0) is 38.9 Å². The number of ether oxygens (including phenoxy) is 2. The molecule has 52 heavy (non-hydrogen) atoms. The number of hydrogen-bond acceptors (Lipinski definition) is 6. The molecular weight excluding hydrogens is 656 g/mol. The van der Waals surface area contributed by atoms with E-state index in [-0.39, 0.29) is 35.8 Å². The smallest absolute Gasteiger partial charge is 0.335 e. The van der Waals surface area contributed by atoms with Crippen molar-refractivity contribution in [3.8, 4) is 23.0 Å². The van der Waals surface area contributed by atoms with Crippen molar-refractivity contribution in [1.82, 2.24) is 0 Å². The van der Waals surface area contributed by atoms with Gasteiger partial charge in [0.1, 0.15) is 36.2 Å². The Labute approximate surface area is 300 Å². The number of aromatic hydroxyl groups is 2. The first kappa shape index (κ1) is 33.9. The molecule has 0 saturated heterocycles. The molecule has 7 rings (SSSR count). The van der Waals surface area contributed by atoms with Crippen molar-refractivity contribution in [3.05, 3.63) is 188 Å². The van der Waals surface area contributed by atoms with Gasteiger partial charge in [0.2, 0.25) is 0 Å². The van der Waals surface area contributed by atoms with E-state index in [1.165, 1.54) is 0 Å². The molecule has 0 fully saturated rings. The number of para-hydroxylation sites is 4. The summed E-state index contributed by atoms with van der Waals surface area (Å²) in [4.78, 5) is 22.8. The van der Waals surface area contributed by atoms with Crippen LogP contribution >= 0.6 is 0 Å². The van der Waals surface area contributed by atoms with E-state index in [9.17, 15) is 30.0 Å². The second kappa shape index (κ2) is 14.7. The van der Waals surface area contributed by atoms with E-state index in [1.807, 2.05) is 72.8 Å². The highest BCUT2D eigenvalue weighted by Crippen LogP contribution is 2.38. The van der Waals surface area contributed by atoms with Crippen molar-refractivity contribution < 1.29 is 39.5 Å². The molecule has 6 aromatic carbocycles. The number of carboxylic acid groups (broad SMARTS) is 2. The molecule has 0 unspecified atom stereocenters. The van der Waals surface area contributed by atoms with Crippen LogP contribution in [0.5, 0.6) is 23.0 Å². The lowest BCUT2D eigenvalue weighted by Crippen LogP contribution is -2.06. The minimum atomic E-state index is -0.996. The van der Waals surface area contributed by atoms with Gasteiger partial charge in [-0.2, -0.15) is 0 Å². The highest BCUT2D eigenvalue weighted by molar-refractivity contribution is 5.88. The molecule has 1 aliphatic carbocycles. The molecule has 6 aromatic rings. The quantitative estimate of drug-likeness (QED) is 0.125. The van der Waals surface area contributed by atoms with E-state index in [2.05, 4.69) is 0 Å². The molecule has 0 saturated carbocycles. The average Bonchev–Trinajstić information content (AvgIpc) is 3.14. The van der Waals surface area contributed by atoms with Crippen LogP contribution in [0.25, 0.3) is 0 Å². The third kappa shape index (κ3) is 7.32. The lowest BCUT2D eigenvalue weighted by Gasteiger charge is -2.20. The zero-order valence-corrected chi connectivity index (χ0v) is 28.2. The Balaban J connectivity index is 1.29. The summed E-state index contributed by atoms with van der Waals surface area (Å²) in [5.41, 5.74) is 8.31. The normalized spacial score (nSPS) is 12.2. The van der Waals surface area contributed by atoms with Gasteiger partial charge in [-0.3, -0.25) is 0 Å². The molecule has 8 bridgehead atoms. The monoisotopic (exact) mass is 692 g/mol. The van der Waals surface area contributed by atoms with Gasteiger partial charge < -0.3 is 29.9 Å². The van der Waals surface area contributed by atoms with E-state index in [0.717, 1.165) is 55.6 Å². The Hall–Kier alpha value is -6.54. The maximum Gasteiger partial charge on any atom is 0.335 e. The van der Waals surface area contributed by atoms with Crippen LogP contribution in [0.4, 0.5) is 0 Å². The molecule has 0 heterocycles. The van der Waals surface area contributed by atoms with Gasteiger partial charge in [-0.25, -0.2) is 9.59 Å². The second-order valence-electron chi connectivity index (χ2n) is 12.9. The highest BCUT2D eigenvalue weighted by atomic mass is 16.5. The summed E-state index contributed by atoms with van der Waals surface area (Å²) in [7, 11) is 0. The Kier molecular flexibility index (Phi) is 9.62. The number of phenols is 2. The fraction of sp³-hybridized carbons (Fsp3) is 0.136. The van der Waals surface area contributed by atoms with Gasteiger partial charge >= 0.3 is 11.9 Å². The summed E-state index contributed by atoms with van der Waals surface area (Å²) in [6.45, 7) is 0.395. The van der Waals surface area contributed by atoms with Gasteiger partial charge in [-0.15, -0.1) is 0 Å². The Bertz CT molecular complexity index is 2030. The lowest BCUT2D eigenvalue weighted by atomic mass is 9.91. The van der Waals surface area contributed by atoms with E-state index >= 15 is 0 Å². The summed E-state index contributed by atoms with van der Waals surface area (Å²) in [5, 5.41) is 42.0. The topological polar surface area (TPSA) is 134 Å². The number of aromatic carboxylic acids is 2. The zero-order chi connectivity index (χ0) is 36.2. The number of rotatable bonds is 8. The first-order chi connectivity index (χ1) is 25.2. The first-order valence-corrected chi connectivity index (χ1v) is 16.9. The molecule has 0 atom stereocenters. The molecule has 0 aromatic heterocycles. The number of benzene rings is 6. The van der Waals surface area contributed by atoms with Crippen LogP contribution in [0, 0.1) is 0 Å². The van der Waals surface area contributed by atoms with Crippen molar-refractivity contribution >= 4 is 11.9 Å². The van der Waals surface area contributed by atoms with Crippen molar-refractivity contribution in [2.75, 3.05) is 0 Å². The molecule has 4 N–H and O–H groups in total. The third-order valence-corrected chi connectivity index (χ3v) is 9.45. The summed E-state index contributed by atoms with van der Waals surface area (Å²) in [6.07, 6.45) is 1.51. The standard InChI is InChI=1S/C44H36O8/c45-39-31-5-1-6-32(39)22-36-10-4-12-38(42(36)52-26-28-15-19-30(20-16-28)44(49)50)24-34-8-2-7-33(40(34)46)23-37-11-3-9-35(21-31)41(37)51-25-27-13-17-29(18-14-27)43(47)48/h1-20,45-46H,21-26H2,(H,47,48)(H,49,50). The van der Waals surface area contributed by atoms with Gasteiger partial charge in [0.15, 0.2) is 0 Å². The van der Waals surface area contributed by atoms with Crippen molar-refractivity contribution in [3.63, 3.8) is 0 Å². The summed E-state index contributed by atoms with van der Waals surface area (Å²) in [6, 6.07) is 36.4. The molecule has 0 aliphatic heterocycles. The van der Waals surface area contributed by atoms with Gasteiger partial charge in [0.05, 0.1) is 11.1 Å². The van der Waals surface area contributed by atoms with Crippen molar-refractivity contribution in [2.24, 2.45) is 0 Å². The molecule has 1 aliphatic rings. The number of fused-ring (bicyclic) bond motifs is 8. The van der Waals surface area contributed by atoms with Crippen LogP contribution in [0.1, 0.15) is 76.4 Å². The van der Waals surface area contributed by atoms with Crippen molar-refractivity contribution in [1.29, 1.82) is 0 Å². The minimum Gasteiger partial charge on any atom is -0.507 e. The van der Waals surface area contributed by atoms with Crippen LogP contribution in [0.15, 0.2) is 121 Å². The van der Waals surface area contributed by atoms with Gasteiger partial charge in [0.25, 0.3) is 0 Å². The predicted octanol–water partition coefficient (Wildman–Crippen LogP) is 8.33. The highest BCUT2D eigenvalue weighted by Gasteiger charge is 2.20.